The van der Waals surface area contributed by atoms with Crippen LogP contribution in [0.5, 0.6) is 5.75 Å². The van der Waals surface area contributed by atoms with E-state index < -0.39 is 5.82 Å². The van der Waals surface area contributed by atoms with Crippen LogP contribution in [-0.4, -0.2) is 40.8 Å². The molecule has 0 aliphatic heterocycles. The summed E-state index contributed by atoms with van der Waals surface area (Å²) < 4.78 is 18.5. The third-order valence-corrected chi connectivity index (χ3v) is 2.46. The molecule has 18 heavy (non-hydrogen) atoms. The maximum Gasteiger partial charge on any atom is 0.264 e. The van der Waals surface area contributed by atoms with Crippen LogP contribution < -0.4 is 0 Å². The number of benzene rings is 1. The number of rotatable bonds is 4. The van der Waals surface area contributed by atoms with Gasteiger partial charge in [0.25, 0.3) is 5.89 Å². The number of halogens is 1. The number of aromatic nitrogens is 2. The molecule has 0 radical (unpaired) electrons. The highest BCUT2D eigenvalue weighted by Gasteiger charge is 2.17. The standard InChI is InChI=1S/C12H14FN3O2/c1-16(2)7-6-10-14-12(18-15-10)11-8(13)4-3-5-9(11)17/h3-5,17H,6-7H2,1-2H3. The van der Waals surface area contributed by atoms with E-state index in [1.165, 1.54) is 18.2 Å². The monoisotopic (exact) mass is 251 g/mol. The smallest absolute Gasteiger partial charge is 0.264 e. The summed E-state index contributed by atoms with van der Waals surface area (Å²) in [4.78, 5) is 6.05. The maximum absolute atomic E-state index is 13.6. The zero-order valence-electron chi connectivity index (χ0n) is 10.2. The molecular weight excluding hydrogens is 237 g/mol. The Hall–Kier alpha value is -1.95. The van der Waals surface area contributed by atoms with Crippen molar-refractivity contribution in [2.45, 2.75) is 6.42 Å². The van der Waals surface area contributed by atoms with Gasteiger partial charge < -0.3 is 14.5 Å². The molecule has 2 aromatic rings. The Labute approximate surface area is 104 Å². The fourth-order valence-electron chi connectivity index (χ4n) is 1.51. The summed E-state index contributed by atoms with van der Waals surface area (Å²) in [5.41, 5.74) is -0.0545. The van der Waals surface area contributed by atoms with Crippen molar-refractivity contribution in [1.82, 2.24) is 15.0 Å². The number of phenols is 1. The van der Waals surface area contributed by atoms with Gasteiger partial charge in [-0.25, -0.2) is 4.39 Å². The van der Waals surface area contributed by atoms with Gasteiger partial charge in [0.15, 0.2) is 5.82 Å². The van der Waals surface area contributed by atoms with Crippen LogP contribution in [0.15, 0.2) is 22.7 Å². The Balaban J connectivity index is 2.24. The molecule has 0 unspecified atom stereocenters. The number of nitrogens with zero attached hydrogens (tertiary/aromatic N) is 3. The summed E-state index contributed by atoms with van der Waals surface area (Å²) in [6.45, 7) is 0.766. The van der Waals surface area contributed by atoms with Gasteiger partial charge in [-0.15, -0.1) is 0 Å². The Morgan fingerprint density at radius 3 is 2.83 bits per heavy atom. The van der Waals surface area contributed by atoms with E-state index in [4.69, 9.17) is 4.52 Å². The van der Waals surface area contributed by atoms with E-state index >= 15 is 0 Å². The number of hydrogen-bond acceptors (Lipinski definition) is 5. The van der Waals surface area contributed by atoms with Crippen LogP contribution in [0, 0.1) is 5.82 Å². The van der Waals surface area contributed by atoms with Crippen molar-refractivity contribution in [3.05, 3.63) is 29.8 Å². The predicted octanol–water partition coefficient (Wildman–Crippen LogP) is 1.69. The van der Waals surface area contributed by atoms with Crippen molar-refractivity contribution in [2.24, 2.45) is 0 Å². The second-order valence-electron chi connectivity index (χ2n) is 4.20. The van der Waals surface area contributed by atoms with Gasteiger partial charge >= 0.3 is 0 Å². The van der Waals surface area contributed by atoms with Crippen LogP contribution in [0.1, 0.15) is 5.82 Å². The largest absolute Gasteiger partial charge is 0.507 e. The lowest BCUT2D eigenvalue weighted by Crippen LogP contribution is -2.15. The second-order valence-corrected chi connectivity index (χ2v) is 4.20. The Morgan fingerprint density at radius 1 is 1.39 bits per heavy atom. The molecule has 2 rings (SSSR count). The average Bonchev–Trinajstić information content (AvgIpc) is 2.75. The van der Waals surface area contributed by atoms with Crippen molar-refractivity contribution in [3.8, 4) is 17.2 Å². The third-order valence-electron chi connectivity index (χ3n) is 2.46. The lowest BCUT2D eigenvalue weighted by atomic mass is 10.2. The molecule has 0 bridgehead atoms. The summed E-state index contributed by atoms with van der Waals surface area (Å²) in [6.07, 6.45) is 0.603. The van der Waals surface area contributed by atoms with Crippen LogP contribution in [0.3, 0.4) is 0 Å². The predicted molar refractivity (Wildman–Crippen MR) is 63.6 cm³/mol. The average molecular weight is 251 g/mol. The highest BCUT2D eigenvalue weighted by atomic mass is 19.1. The molecule has 5 nitrogen and oxygen atoms in total. The number of likely N-dealkylation sites (N-methyl/N-ethyl adjacent to an activating group) is 1. The topological polar surface area (TPSA) is 62.4 Å². The van der Waals surface area contributed by atoms with Crippen molar-refractivity contribution in [2.75, 3.05) is 20.6 Å². The third kappa shape index (κ3) is 2.65. The maximum atomic E-state index is 13.6. The minimum Gasteiger partial charge on any atom is -0.507 e. The molecule has 0 aliphatic carbocycles. The Bertz CT molecular complexity index is 520. The molecule has 0 spiro atoms. The summed E-state index contributed by atoms with van der Waals surface area (Å²) in [5.74, 6) is -0.309. The summed E-state index contributed by atoms with van der Waals surface area (Å²) >= 11 is 0. The number of hydrogen-bond donors (Lipinski definition) is 1. The normalized spacial score (nSPS) is 11.1. The van der Waals surface area contributed by atoms with Gasteiger partial charge in [-0.3, -0.25) is 0 Å². The van der Waals surface area contributed by atoms with Crippen molar-refractivity contribution in [3.63, 3.8) is 0 Å². The zero-order valence-corrected chi connectivity index (χ0v) is 10.2. The minimum absolute atomic E-state index is 0.000596. The van der Waals surface area contributed by atoms with Crippen molar-refractivity contribution in [1.29, 1.82) is 0 Å². The van der Waals surface area contributed by atoms with Crippen LogP contribution >= 0.6 is 0 Å². The summed E-state index contributed by atoms with van der Waals surface area (Å²) in [5, 5.41) is 13.4. The SMILES string of the molecule is CN(C)CCc1noc(-c2c(O)cccc2F)n1. The van der Waals surface area contributed by atoms with E-state index in [1.807, 2.05) is 19.0 Å². The molecule has 0 atom stereocenters. The van der Waals surface area contributed by atoms with E-state index in [0.717, 1.165) is 6.54 Å². The van der Waals surface area contributed by atoms with E-state index in [9.17, 15) is 9.50 Å². The highest BCUT2D eigenvalue weighted by Crippen LogP contribution is 2.30. The summed E-state index contributed by atoms with van der Waals surface area (Å²) in [7, 11) is 3.87. The van der Waals surface area contributed by atoms with Gasteiger partial charge in [0.05, 0.1) is 0 Å². The first-order valence-electron chi connectivity index (χ1n) is 5.53. The molecular formula is C12H14FN3O2. The van der Waals surface area contributed by atoms with Gasteiger partial charge in [-0.05, 0) is 26.2 Å². The first-order valence-corrected chi connectivity index (χ1v) is 5.53. The zero-order chi connectivity index (χ0) is 13.1. The van der Waals surface area contributed by atoms with Gasteiger partial charge in [0, 0.05) is 13.0 Å². The molecule has 0 amide bonds. The fraction of sp³-hybridized carbons (Fsp3) is 0.333. The van der Waals surface area contributed by atoms with E-state index in [-0.39, 0.29) is 17.2 Å². The quantitative estimate of drug-likeness (QED) is 0.895. The van der Waals surface area contributed by atoms with Gasteiger partial charge in [0.1, 0.15) is 17.1 Å². The van der Waals surface area contributed by atoms with E-state index in [0.29, 0.717) is 12.2 Å². The van der Waals surface area contributed by atoms with Crippen LogP contribution in [-0.2, 0) is 6.42 Å². The number of aromatic hydroxyl groups is 1. The van der Waals surface area contributed by atoms with Crippen LogP contribution in [0.25, 0.3) is 11.5 Å². The second kappa shape index (κ2) is 5.14. The molecule has 1 heterocycles. The molecule has 1 aromatic carbocycles. The van der Waals surface area contributed by atoms with Gasteiger partial charge in [-0.1, -0.05) is 11.2 Å². The van der Waals surface area contributed by atoms with E-state index in [2.05, 4.69) is 10.1 Å². The first-order chi connectivity index (χ1) is 8.58. The summed E-state index contributed by atoms with van der Waals surface area (Å²) in [6, 6.07) is 4.03. The van der Waals surface area contributed by atoms with E-state index in [1.54, 1.807) is 0 Å². The molecule has 0 saturated carbocycles. The van der Waals surface area contributed by atoms with Crippen LogP contribution in [0.2, 0.25) is 0 Å². The minimum atomic E-state index is -0.585. The molecule has 1 aromatic heterocycles. The number of phenolic OH excluding ortho intramolecular Hbond substituents is 1. The molecule has 0 saturated heterocycles. The Kier molecular flexibility index (Phi) is 3.57. The molecule has 0 fully saturated rings. The van der Waals surface area contributed by atoms with Crippen molar-refractivity contribution < 1.29 is 14.0 Å². The molecule has 96 valence electrons. The fourth-order valence-corrected chi connectivity index (χ4v) is 1.51. The highest BCUT2D eigenvalue weighted by molar-refractivity contribution is 5.62. The van der Waals surface area contributed by atoms with Crippen molar-refractivity contribution >= 4 is 0 Å². The lowest BCUT2D eigenvalue weighted by molar-refractivity contribution is 0.390. The van der Waals surface area contributed by atoms with Gasteiger partial charge in [0.2, 0.25) is 0 Å². The van der Waals surface area contributed by atoms with Gasteiger partial charge in [-0.2, -0.15) is 4.98 Å². The first kappa shape index (κ1) is 12.5. The van der Waals surface area contributed by atoms with Crippen LogP contribution in [0.4, 0.5) is 4.39 Å². The molecule has 0 aliphatic rings. The molecule has 6 heteroatoms. The Morgan fingerprint density at radius 2 is 2.17 bits per heavy atom. The molecule has 1 N–H and O–H groups in total. The lowest BCUT2D eigenvalue weighted by Gasteiger charge is -2.05.